The van der Waals surface area contributed by atoms with E-state index in [-0.39, 0.29) is 10.8 Å². The molecule has 0 radical (unpaired) electrons. The van der Waals surface area contributed by atoms with Gasteiger partial charge in [-0.25, -0.2) is 8.42 Å². The molecule has 3 aromatic rings. The van der Waals surface area contributed by atoms with Crippen LogP contribution in [-0.4, -0.2) is 25.1 Å². The molecule has 5 nitrogen and oxygen atoms in total. The topological polar surface area (TPSA) is 68.5 Å². The summed E-state index contributed by atoms with van der Waals surface area (Å²) in [6.45, 7) is 4.20. The van der Waals surface area contributed by atoms with Gasteiger partial charge in [-0.3, -0.25) is 4.79 Å². The molecule has 0 N–H and O–H groups in total. The van der Waals surface area contributed by atoms with Crippen molar-refractivity contribution in [1.82, 2.24) is 4.57 Å². The largest absolute Gasteiger partial charge is 0.312 e. The van der Waals surface area contributed by atoms with Gasteiger partial charge < -0.3 is 4.57 Å². The summed E-state index contributed by atoms with van der Waals surface area (Å²) in [5.74, 6) is -0.370. The summed E-state index contributed by atoms with van der Waals surface area (Å²) in [6, 6.07) is 12.0. The Kier molecular flexibility index (Phi) is 5.27. The van der Waals surface area contributed by atoms with Gasteiger partial charge in [0.25, 0.3) is 5.91 Å². The first-order valence-corrected chi connectivity index (χ1v) is 11.1. The van der Waals surface area contributed by atoms with Gasteiger partial charge in [-0.05, 0) is 46.3 Å². The minimum absolute atomic E-state index is 0.237. The van der Waals surface area contributed by atoms with Gasteiger partial charge in [-0.1, -0.05) is 29.5 Å². The van der Waals surface area contributed by atoms with Crippen molar-refractivity contribution >= 4 is 53.2 Å². The predicted molar refractivity (Wildman–Crippen MR) is 107 cm³/mol. The SMILES string of the molecule is C=CCn1c(=NC(=O)c2ccccc2Br)sc2cc(S(C)(=O)=O)ccc21. The minimum atomic E-state index is -3.31. The third kappa shape index (κ3) is 3.72. The van der Waals surface area contributed by atoms with Crippen LogP contribution in [0.15, 0.2) is 69.5 Å². The van der Waals surface area contributed by atoms with Gasteiger partial charge in [0.15, 0.2) is 14.6 Å². The molecule has 0 aliphatic heterocycles. The summed E-state index contributed by atoms with van der Waals surface area (Å²) < 4.78 is 26.8. The van der Waals surface area contributed by atoms with Crippen LogP contribution in [0, 0.1) is 0 Å². The van der Waals surface area contributed by atoms with Crippen molar-refractivity contribution in [3.63, 3.8) is 0 Å². The van der Waals surface area contributed by atoms with Crippen molar-refractivity contribution < 1.29 is 13.2 Å². The number of rotatable bonds is 4. The van der Waals surface area contributed by atoms with Gasteiger partial charge in [0, 0.05) is 17.3 Å². The summed E-state index contributed by atoms with van der Waals surface area (Å²) >= 11 is 4.63. The average Bonchev–Trinajstić information content (AvgIpc) is 2.91. The van der Waals surface area contributed by atoms with Crippen molar-refractivity contribution in [2.45, 2.75) is 11.4 Å². The number of thiazole rings is 1. The van der Waals surface area contributed by atoms with Gasteiger partial charge in [-0.15, -0.1) is 6.58 Å². The Morgan fingerprint density at radius 2 is 2.04 bits per heavy atom. The van der Waals surface area contributed by atoms with E-state index in [9.17, 15) is 13.2 Å². The Labute approximate surface area is 163 Å². The monoisotopic (exact) mass is 450 g/mol. The van der Waals surface area contributed by atoms with E-state index in [1.54, 1.807) is 42.5 Å². The van der Waals surface area contributed by atoms with Crippen molar-refractivity contribution in [3.05, 3.63) is 70.0 Å². The molecule has 1 heterocycles. The lowest BCUT2D eigenvalue weighted by Gasteiger charge is -2.02. The molecule has 2 aromatic carbocycles. The number of halogens is 1. The Morgan fingerprint density at radius 3 is 2.69 bits per heavy atom. The number of hydrogen-bond acceptors (Lipinski definition) is 4. The zero-order valence-electron chi connectivity index (χ0n) is 13.8. The molecule has 3 rings (SSSR count). The second kappa shape index (κ2) is 7.30. The lowest BCUT2D eigenvalue weighted by atomic mass is 10.2. The fourth-order valence-electron chi connectivity index (χ4n) is 2.46. The quantitative estimate of drug-likeness (QED) is 0.567. The molecule has 1 aromatic heterocycles. The number of amides is 1. The summed E-state index contributed by atoms with van der Waals surface area (Å²) in [7, 11) is -3.31. The molecule has 134 valence electrons. The smallest absolute Gasteiger partial charge is 0.280 e. The second-order valence-electron chi connectivity index (χ2n) is 5.58. The van der Waals surface area contributed by atoms with Crippen LogP contribution in [0.2, 0.25) is 0 Å². The molecule has 8 heteroatoms. The Bertz CT molecular complexity index is 1190. The van der Waals surface area contributed by atoms with E-state index >= 15 is 0 Å². The summed E-state index contributed by atoms with van der Waals surface area (Å²) in [4.78, 5) is 17.6. The van der Waals surface area contributed by atoms with E-state index in [1.807, 2.05) is 10.6 Å². The van der Waals surface area contributed by atoms with Crippen molar-refractivity contribution in [3.8, 4) is 0 Å². The highest BCUT2D eigenvalue weighted by Gasteiger charge is 2.13. The highest BCUT2D eigenvalue weighted by Crippen LogP contribution is 2.22. The van der Waals surface area contributed by atoms with E-state index in [4.69, 9.17) is 0 Å². The van der Waals surface area contributed by atoms with Gasteiger partial charge in [0.1, 0.15) is 0 Å². The van der Waals surface area contributed by atoms with E-state index in [1.165, 1.54) is 17.6 Å². The first kappa shape index (κ1) is 18.8. The van der Waals surface area contributed by atoms with E-state index in [0.717, 1.165) is 10.2 Å². The number of hydrogen-bond donors (Lipinski definition) is 0. The normalized spacial score (nSPS) is 12.5. The van der Waals surface area contributed by atoms with Crippen LogP contribution in [0.5, 0.6) is 0 Å². The molecule has 0 spiro atoms. The number of fused-ring (bicyclic) bond motifs is 1. The Hall–Kier alpha value is -2.03. The van der Waals surface area contributed by atoms with Crippen LogP contribution in [0.1, 0.15) is 10.4 Å². The third-order valence-electron chi connectivity index (χ3n) is 3.70. The molecule has 0 unspecified atom stereocenters. The number of carbonyl (C=O) groups is 1. The van der Waals surface area contributed by atoms with Crippen LogP contribution in [0.25, 0.3) is 10.2 Å². The fourth-order valence-corrected chi connectivity index (χ4v) is 4.71. The first-order chi connectivity index (χ1) is 12.3. The van der Waals surface area contributed by atoms with Crippen molar-refractivity contribution in [2.75, 3.05) is 6.26 Å². The number of allylic oxidation sites excluding steroid dienone is 1. The maximum atomic E-state index is 12.6. The van der Waals surface area contributed by atoms with Crippen LogP contribution in [0.3, 0.4) is 0 Å². The first-order valence-electron chi connectivity index (χ1n) is 7.59. The lowest BCUT2D eigenvalue weighted by molar-refractivity contribution is 0.0997. The van der Waals surface area contributed by atoms with E-state index < -0.39 is 9.84 Å². The number of sulfone groups is 1. The lowest BCUT2D eigenvalue weighted by Crippen LogP contribution is -2.16. The molecule has 0 aliphatic rings. The van der Waals surface area contributed by atoms with Gasteiger partial charge in [-0.2, -0.15) is 4.99 Å². The highest BCUT2D eigenvalue weighted by atomic mass is 79.9. The van der Waals surface area contributed by atoms with E-state index in [2.05, 4.69) is 27.5 Å². The zero-order chi connectivity index (χ0) is 18.9. The average molecular weight is 451 g/mol. The summed E-state index contributed by atoms with van der Waals surface area (Å²) in [5, 5.41) is 0. The highest BCUT2D eigenvalue weighted by molar-refractivity contribution is 9.10. The number of aromatic nitrogens is 1. The molecule has 0 bridgehead atoms. The standard InChI is InChI=1S/C18H15BrN2O3S2/c1-3-10-21-15-9-8-12(26(2,23)24)11-16(15)25-18(21)20-17(22)13-6-4-5-7-14(13)19/h3-9,11H,1,10H2,2H3. The predicted octanol–water partition coefficient (Wildman–Crippen LogP) is 3.80. The summed E-state index contributed by atoms with van der Waals surface area (Å²) in [6.07, 6.45) is 2.87. The van der Waals surface area contributed by atoms with Crippen molar-refractivity contribution in [1.29, 1.82) is 0 Å². The van der Waals surface area contributed by atoms with E-state index in [0.29, 0.717) is 21.4 Å². The maximum Gasteiger partial charge on any atom is 0.280 e. The molecule has 0 aliphatic carbocycles. The molecule has 0 fully saturated rings. The molecular weight excluding hydrogens is 436 g/mol. The number of carbonyl (C=O) groups excluding carboxylic acids is 1. The van der Waals surface area contributed by atoms with Crippen molar-refractivity contribution in [2.24, 2.45) is 4.99 Å². The van der Waals surface area contributed by atoms with Crippen LogP contribution < -0.4 is 4.80 Å². The Balaban J connectivity index is 2.21. The van der Waals surface area contributed by atoms with Crippen LogP contribution in [-0.2, 0) is 16.4 Å². The van der Waals surface area contributed by atoms with Crippen LogP contribution >= 0.6 is 27.3 Å². The second-order valence-corrected chi connectivity index (χ2v) is 9.46. The molecule has 0 saturated carbocycles. The fraction of sp³-hybridized carbons (Fsp3) is 0.111. The maximum absolute atomic E-state index is 12.6. The molecule has 0 atom stereocenters. The van der Waals surface area contributed by atoms with Gasteiger partial charge in [0.05, 0.1) is 20.7 Å². The summed E-state index contributed by atoms with van der Waals surface area (Å²) in [5.41, 5.74) is 1.27. The van der Waals surface area contributed by atoms with Gasteiger partial charge >= 0.3 is 0 Å². The minimum Gasteiger partial charge on any atom is -0.312 e. The third-order valence-corrected chi connectivity index (χ3v) is 6.54. The van der Waals surface area contributed by atoms with Crippen LogP contribution in [0.4, 0.5) is 0 Å². The molecule has 26 heavy (non-hydrogen) atoms. The molecular formula is C18H15BrN2O3S2. The molecule has 1 amide bonds. The molecule has 0 saturated heterocycles. The number of benzene rings is 2. The van der Waals surface area contributed by atoms with Gasteiger partial charge in [0.2, 0.25) is 0 Å². The Morgan fingerprint density at radius 1 is 1.31 bits per heavy atom. The zero-order valence-corrected chi connectivity index (χ0v) is 17.1. The number of nitrogens with zero attached hydrogens (tertiary/aromatic N) is 2.